The lowest BCUT2D eigenvalue weighted by molar-refractivity contribution is 0.278. The van der Waals surface area contributed by atoms with Crippen LogP contribution >= 0.6 is 0 Å². The summed E-state index contributed by atoms with van der Waals surface area (Å²) in [6, 6.07) is 1.68. The predicted octanol–water partition coefficient (Wildman–Crippen LogP) is 2.44. The van der Waals surface area contributed by atoms with Gasteiger partial charge in [0.25, 0.3) is 0 Å². The Hall–Kier alpha value is -1.32. The molecule has 0 saturated carbocycles. The summed E-state index contributed by atoms with van der Waals surface area (Å²) >= 11 is 0. The van der Waals surface area contributed by atoms with E-state index in [9.17, 15) is 0 Å². The molecule has 90 valence electrons. The van der Waals surface area contributed by atoms with Gasteiger partial charge < -0.3 is 10.5 Å². The van der Waals surface area contributed by atoms with Gasteiger partial charge >= 0.3 is 0 Å². The van der Waals surface area contributed by atoms with Gasteiger partial charge in [-0.25, -0.2) is 4.98 Å². The fourth-order valence-corrected chi connectivity index (χ4v) is 1.30. The molecule has 0 aliphatic heterocycles. The van der Waals surface area contributed by atoms with Gasteiger partial charge in [0.05, 0.1) is 6.61 Å². The molecule has 0 bridgehead atoms. The Balaban J connectivity index is 2.58. The summed E-state index contributed by atoms with van der Waals surface area (Å²) in [7, 11) is 0. The van der Waals surface area contributed by atoms with Crippen LogP contribution in [0.4, 0.5) is 5.82 Å². The number of nitrogens with two attached hydrogens (primary N) is 1. The Morgan fingerprint density at radius 3 is 2.75 bits per heavy atom. The largest absolute Gasteiger partial charge is 0.478 e. The molecule has 1 heterocycles. The van der Waals surface area contributed by atoms with Crippen molar-refractivity contribution in [2.75, 3.05) is 12.3 Å². The first-order chi connectivity index (χ1) is 7.61. The molecule has 0 radical (unpaired) electrons. The molecule has 16 heavy (non-hydrogen) atoms. The molecule has 1 rings (SSSR count). The van der Waals surface area contributed by atoms with E-state index in [0.717, 1.165) is 25.1 Å². The van der Waals surface area contributed by atoms with Crippen LogP contribution in [-0.4, -0.2) is 16.6 Å². The van der Waals surface area contributed by atoms with Gasteiger partial charge in [-0.1, -0.05) is 20.8 Å². The SMILES string of the molecule is CCCc1nc(N)cc(OCCC(C)C)n1. The summed E-state index contributed by atoms with van der Waals surface area (Å²) in [5, 5.41) is 0. The summed E-state index contributed by atoms with van der Waals surface area (Å²) in [4.78, 5) is 8.46. The number of aromatic nitrogens is 2. The molecule has 0 aliphatic carbocycles. The number of nitrogens with zero attached hydrogens (tertiary/aromatic N) is 2. The summed E-state index contributed by atoms with van der Waals surface area (Å²) in [5.41, 5.74) is 5.69. The number of rotatable bonds is 6. The van der Waals surface area contributed by atoms with Crippen LogP contribution in [-0.2, 0) is 6.42 Å². The van der Waals surface area contributed by atoms with Crippen molar-refractivity contribution in [3.63, 3.8) is 0 Å². The van der Waals surface area contributed by atoms with Crippen molar-refractivity contribution in [1.82, 2.24) is 9.97 Å². The standard InChI is InChI=1S/C12H21N3O/c1-4-5-11-14-10(13)8-12(15-11)16-7-6-9(2)3/h8-9H,4-7H2,1-3H3,(H2,13,14,15). The minimum atomic E-state index is 0.484. The molecule has 0 spiro atoms. The van der Waals surface area contributed by atoms with Crippen LogP contribution in [0.5, 0.6) is 5.88 Å². The van der Waals surface area contributed by atoms with Crippen LogP contribution in [0, 0.1) is 5.92 Å². The monoisotopic (exact) mass is 223 g/mol. The fraction of sp³-hybridized carbons (Fsp3) is 0.667. The minimum absolute atomic E-state index is 0.484. The van der Waals surface area contributed by atoms with Crippen LogP contribution in [0.2, 0.25) is 0 Å². The van der Waals surface area contributed by atoms with Crippen molar-refractivity contribution in [1.29, 1.82) is 0 Å². The topological polar surface area (TPSA) is 61.0 Å². The first kappa shape index (κ1) is 12.7. The first-order valence-electron chi connectivity index (χ1n) is 5.88. The highest BCUT2D eigenvalue weighted by molar-refractivity contribution is 5.32. The summed E-state index contributed by atoms with van der Waals surface area (Å²) in [5.74, 6) is 2.48. The lowest BCUT2D eigenvalue weighted by atomic mass is 10.1. The lowest BCUT2D eigenvalue weighted by Gasteiger charge is -2.08. The Labute approximate surface area is 97.2 Å². The van der Waals surface area contributed by atoms with Crippen molar-refractivity contribution in [3.05, 3.63) is 11.9 Å². The van der Waals surface area contributed by atoms with Crippen LogP contribution in [0.1, 0.15) is 39.4 Å². The van der Waals surface area contributed by atoms with Crippen molar-refractivity contribution in [3.8, 4) is 5.88 Å². The molecule has 4 heteroatoms. The van der Waals surface area contributed by atoms with Crippen LogP contribution < -0.4 is 10.5 Å². The molecule has 4 nitrogen and oxygen atoms in total. The van der Waals surface area contributed by atoms with E-state index < -0.39 is 0 Å². The fourth-order valence-electron chi connectivity index (χ4n) is 1.30. The van der Waals surface area contributed by atoms with E-state index in [2.05, 4.69) is 30.7 Å². The van der Waals surface area contributed by atoms with E-state index in [0.29, 0.717) is 24.2 Å². The normalized spacial score (nSPS) is 10.8. The first-order valence-corrected chi connectivity index (χ1v) is 5.88. The zero-order valence-corrected chi connectivity index (χ0v) is 10.4. The number of hydrogen-bond acceptors (Lipinski definition) is 4. The summed E-state index contributed by atoms with van der Waals surface area (Å²) in [6.45, 7) is 7.10. The minimum Gasteiger partial charge on any atom is -0.478 e. The molecule has 0 amide bonds. The molecule has 0 aliphatic rings. The molecule has 1 aromatic rings. The summed E-state index contributed by atoms with van der Waals surface area (Å²) in [6.07, 6.45) is 2.87. The van der Waals surface area contributed by atoms with E-state index in [1.54, 1.807) is 6.07 Å². The van der Waals surface area contributed by atoms with Gasteiger partial charge in [0.2, 0.25) is 5.88 Å². The molecular formula is C12H21N3O. The second-order valence-corrected chi connectivity index (χ2v) is 4.33. The van der Waals surface area contributed by atoms with Gasteiger partial charge in [-0.15, -0.1) is 0 Å². The van der Waals surface area contributed by atoms with Gasteiger partial charge in [-0.05, 0) is 18.8 Å². The smallest absolute Gasteiger partial charge is 0.218 e. The molecule has 0 saturated heterocycles. The van der Waals surface area contributed by atoms with Crippen molar-refractivity contribution >= 4 is 5.82 Å². The Morgan fingerprint density at radius 1 is 1.38 bits per heavy atom. The lowest BCUT2D eigenvalue weighted by Crippen LogP contribution is -2.06. The third-order valence-electron chi connectivity index (χ3n) is 2.19. The second kappa shape index (κ2) is 6.30. The van der Waals surface area contributed by atoms with E-state index in [1.807, 2.05) is 0 Å². The Morgan fingerprint density at radius 2 is 2.12 bits per heavy atom. The van der Waals surface area contributed by atoms with Gasteiger partial charge in [-0.2, -0.15) is 4.98 Å². The molecular weight excluding hydrogens is 202 g/mol. The highest BCUT2D eigenvalue weighted by atomic mass is 16.5. The number of nitrogen functional groups attached to an aromatic ring is 1. The van der Waals surface area contributed by atoms with Gasteiger partial charge in [-0.3, -0.25) is 0 Å². The number of ether oxygens (including phenoxy) is 1. The van der Waals surface area contributed by atoms with Gasteiger partial charge in [0.1, 0.15) is 11.6 Å². The van der Waals surface area contributed by atoms with Crippen molar-refractivity contribution in [2.24, 2.45) is 5.92 Å². The second-order valence-electron chi connectivity index (χ2n) is 4.33. The molecule has 2 N–H and O–H groups in total. The van der Waals surface area contributed by atoms with Crippen molar-refractivity contribution < 1.29 is 4.74 Å². The molecule has 0 fully saturated rings. The maximum atomic E-state index is 5.69. The average molecular weight is 223 g/mol. The zero-order valence-electron chi connectivity index (χ0n) is 10.4. The van der Waals surface area contributed by atoms with Crippen LogP contribution in [0.15, 0.2) is 6.07 Å². The predicted molar refractivity (Wildman–Crippen MR) is 65.4 cm³/mol. The number of anilines is 1. The molecule has 0 atom stereocenters. The number of aryl methyl sites for hydroxylation is 1. The van der Waals surface area contributed by atoms with E-state index in [-0.39, 0.29) is 0 Å². The van der Waals surface area contributed by atoms with Gasteiger partial charge in [0.15, 0.2) is 0 Å². The summed E-state index contributed by atoms with van der Waals surface area (Å²) < 4.78 is 5.55. The number of hydrogen-bond donors (Lipinski definition) is 1. The van der Waals surface area contributed by atoms with Crippen LogP contribution in [0.3, 0.4) is 0 Å². The van der Waals surface area contributed by atoms with Crippen LogP contribution in [0.25, 0.3) is 0 Å². The Bertz CT molecular complexity index is 326. The van der Waals surface area contributed by atoms with E-state index >= 15 is 0 Å². The van der Waals surface area contributed by atoms with Crippen molar-refractivity contribution in [2.45, 2.75) is 40.0 Å². The third-order valence-corrected chi connectivity index (χ3v) is 2.19. The van der Waals surface area contributed by atoms with E-state index in [4.69, 9.17) is 10.5 Å². The highest BCUT2D eigenvalue weighted by Crippen LogP contribution is 2.13. The maximum Gasteiger partial charge on any atom is 0.218 e. The third kappa shape index (κ3) is 4.47. The average Bonchev–Trinajstić information content (AvgIpc) is 2.16. The maximum absolute atomic E-state index is 5.69. The molecule has 0 unspecified atom stereocenters. The van der Waals surface area contributed by atoms with E-state index in [1.165, 1.54) is 0 Å². The Kier molecular flexibility index (Phi) is 5.02. The zero-order chi connectivity index (χ0) is 12.0. The van der Waals surface area contributed by atoms with Gasteiger partial charge in [0, 0.05) is 12.5 Å². The highest BCUT2D eigenvalue weighted by Gasteiger charge is 2.03. The quantitative estimate of drug-likeness (QED) is 0.804. The molecule has 1 aromatic heterocycles. The molecule has 0 aromatic carbocycles.